The first-order valence-corrected chi connectivity index (χ1v) is 5.82. The van der Waals surface area contributed by atoms with Gasteiger partial charge in [-0.25, -0.2) is 0 Å². The van der Waals surface area contributed by atoms with Crippen LogP contribution in [0.1, 0.15) is 25.0 Å². The minimum Gasteiger partial charge on any atom is -0.489 e. The van der Waals surface area contributed by atoms with Gasteiger partial charge in [-0.2, -0.15) is 0 Å². The van der Waals surface area contributed by atoms with Crippen molar-refractivity contribution in [1.82, 2.24) is 5.32 Å². The quantitative estimate of drug-likeness (QED) is 0.742. The van der Waals surface area contributed by atoms with Crippen LogP contribution in [-0.4, -0.2) is 13.2 Å². The molecule has 16 heavy (non-hydrogen) atoms. The van der Waals surface area contributed by atoms with Gasteiger partial charge in [-0.15, -0.1) is 0 Å². The Morgan fingerprint density at radius 3 is 2.88 bits per heavy atom. The second-order valence-electron chi connectivity index (χ2n) is 3.72. The fraction of sp³-hybridized carbons (Fsp3) is 0.429. The van der Waals surface area contributed by atoms with Gasteiger partial charge in [0.05, 0.1) is 0 Å². The average Bonchev–Trinajstić information content (AvgIpc) is 2.29. The molecule has 0 aliphatic carbocycles. The van der Waals surface area contributed by atoms with E-state index in [0.29, 0.717) is 6.61 Å². The summed E-state index contributed by atoms with van der Waals surface area (Å²) < 4.78 is 5.78. The summed E-state index contributed by atoms with van der Waals surface area (Å²) in [7, 11) is 0. The van der Waals surface area contributed by atoms with Crippen molar-refractivity contribution in [2.75, 3.05) is 13.2 Å². The molecule has 0 unspecified atom stereocenters. The Labute approximate surface area is 98.3 Å². The summed E-state index contributed by atoms with van der Waals surface area (Å²) in [5, 5.41) is 3.32. The monoisotopic (exact) mass is 219 g/mol. The fourth-order valence-corrected chi connectivity index (χ4v) is 1.55. The Bertz CT molecular complexity index is 345. The first-order valence-electron chi connectivity index (χ1n) is 5.82. The second-order valence-corrected chi connectivity index (χ2v) is 3.72. The Morgan fingerprint density at radius 1 is 1.38 bits per heavy atom. The van der Waals surface area contributed by atoms with E-state index in [1.807, 2.05) is 19.1 Å². The van der Waals surface area contributed by atoms with Gasteiger partial charge in [0, 0.05) is 12.1 Å². The van der Waals surface area contributed by atoms with E-state index >= 15 is 0 Å². The third-order valence-electron chi connectivity index (χ3n) is 2.42. The first-order chi connectivity index (χ1) is 7.79. The molecule has 1 aromatic carbocycles. The number of hydrogen-bond acceptors (Lipinski definition) is 2. The van der Waals surface area contributed by atoms with Crippen molar-refractivity contribution in [3.8, 4) is 5.75 Å². The summed E-state index contributed by atoms with van der Waals surface area (Å²) in [6.07, 6.45) is 4.02. The van der Waals surface area contributed by atoms with E-state index in [4.69, 9.17) is 4.74 Å². The van der Waals surface area contributed by atoms with E-state index in [0.717, 1.165) is 18.8 Å². The number of nitrogens with one attached hydrogen (secondary N) is 1. The van der Waals surface area contributed by atoms with E-state index < -0.39 is 0 Å². The normalized spacial score (nSPS) is 10.9. The molecule has 0 aromatic heterocycles. The molecule has 1 N–H and O–H groups in total. The molecule has 2 heteroatoms. The molecule has 0 spiro atoms. The Kier molecular flexibility index (Phi) is 5.65. The van der Waals surface area contributed by atoms with Crippen molar-refractivity contribution in [2.24, 2.45) is 0 Å². The molecule has 0 aliphatic rings. The predicted octanol–water partition coefficient (Wildman–Crippen LogP) is 3.06. The number of para-hydroxylation sites is 1. The molecule has 0 bridgehead atoms. The van der Waals surface area contributed by atoms with Crippen LogP contribution in [0.25, 0.3) is 0 Å². The molecule has 0 fully saturated rings. The zero-order valence-corrected chi connectivity index (χ0v) is 10.4. The number of hydrogen-bond donors (Lipinski definition) is 1. The van der Waals surface area contributed by atoms with Crippen molar-refractivity contribution in [3.05, 3.63) is 41.5 Å². The minimum atomic E-state index is 0.639. The topological polar surface area (TPSA) is 21.3 Å². The molecular weight excluding hydrogens is 198 g/mol. The molecule has 0 radical (unpaired) electrons. The van der Waals surface area contributed by atoms with Gasteiger partial charge in [0.1, 0.15) is 12.4 Å². The van der Waals surface area contributed by atoms with Crippen LogP contribution in [0.3, 0.4) is 0 Å². The zero-order valence-electron chi connectivity index (χ0n) is 10.4. The van der Waals surface area contributed by atoms with Crippen LogP contribution in [0.4, 0.5) is 0 Å². The molecule has 1 aromatic rings. The van der Waals surface area contributed by atoms with E-state index in [9.17, 15) is 0 Å². The maximum atomic E-state index is 5.78. The maximum Gasteiger partial charge on any atom is 0.127 e. The summed E-state index contributed by atoms with van der Waals surface area (Å²) >= 11 is 0. The Balaban J connectivity index is 2.76. The van der Waals surface area contributed by atoms with E-state index in [-0.39, 0.29) is 0 Å². The minimum absolute atomic E-state index is 0.639. The Hall–Kier alpha value is -1.28. The van der Waals surface area contributed by atoms with Gasteiger partial charge in [0.2, 0.25) is 0 Å². The molecule has 0 aliphatic heterocycles. The maximum absolute atomic E-state index is 5.78. The van der Waals surface area contributed by atoms with Crippen molar-refractivity contribution < 1.29 is 4.74 Å². The van der Waals surface area contributed by atoms with Crippen LogP contribution in [0, 0.1) is 6.92 Å². The number of allylic oxidation sites excluding steroid dienone is 1. The molecule has 88 valence electrons. The highest BCUT2D eigenvalue weighted by molar-refractivity contribution is 5.40. The number of benzene rings is 1. The molecule has 0 saturated carbocycles. The van der Waals surface area contributed by atoms with Gasteiger partial charge < -0.3 is 10.1 Å². The summed E-state index contributed by atoms with van der Waals surface area (Å²) in [4.78, 5) is 0. The number of aryl methyl sites for hydroxylation is 1. The standard InChI is InChI=1S/C14H21NO/c1-4-6-10-16-14-12(3)8-7-9-13(14)11-15-5-2/h4,6-9,15H,5,10-11H2,1-3H3/b6-4+. The van der Waals surface area contributed by atoms with Crippen molar-refractivity contribution in [2.45, 2.75) is 27.3 Å². The molecule has 1 rings (SSSR count). The SMILES string of the molecule is C/C=C/COc1c(C)cccc1CNCC. The molecular formula is C14H21NO. The largest absolute Gasteiger partial charge is 0.489 e. The zero-order chi connectivity index (χ0) is 11.8. The van der Waals surface area contributed by atoms with Crippen LogP contribution < -0.4 is 10.1 Å². The lowest BCUT2D eigenvalue weighted by molar-refractivity contribution is 0.355. The van der Waals surface area contributed by atoms with Gasteiger partial charge in [-0.3, -0.25) is 0 Å². The molecule has 2 nitrogen and oxygen atoms in total. The van der Waals surface area contributed by atoms with Crippen molar-refractivity contribution in [1.29, 1.82) is 0 Å². The summed E-state index contributed by atoms with van der Waals surface area (Å²) in [5.41, 5.74) is 2.42. The lowest BCUT2D eigenvalue weighted by Gasteiger charge is -2.13. The van der Waals surface area contributed by atoms with Gasteiger partial charge in [-0.1, -0.05) is 37.3 Å². The van der Waals surface area contributed by atoms with Crippen molar-refractivity contribution in [3.63, 3.8) is 0 Å². The van der Waals surface area contributed by atoms with Crippen molar-refractivity contribution >= 4 is 0 Å². The predicted molar refractivity (Wildman–Crippen MR) is 68.9 cm³/mol. The lowest BCUT2D eigenvalue weighted by atomic mass is 10.1. The highest BCUT2D eigenvalue weighted by atomic mass is 16.5. The highest BCUT2D eigenvalue weighted by Gasteiger charge is 2.05. The molecule has 0 amide bonds. The van der Waals surface area contributed by atoms with Gasteiger partial charge in [0.15, 0.2) is 0 Å². The third kappa shape index (κ3) is 3.70. The molecule has 0 atom stereocenters. The van der Waals surface area contributed by atoms with Gasteiger partial charge in [-0.05, 0) is 26.0 Å². The van der Waals surface area contributed by atoms with Gasteiger partial charge >= 0.3 is 0 Å². The summed E-state index contributed by atoms with van der Waals surface area (Å²) in [6, 6.07) is 6.27. The molecule has 0 heterocycles. The number of rotatable bonds is 6. The van der Waals surface area contributed by atoms with E-state index in [1.165, 1.54) is 11.1 Å². The average molecular weight is 219 g/mol. The van der Waals surface area contributed by atoms with Crippen LogP contribution >= 0.6 is 0 Å². The van der Waals surface area contributed by atoms with Crippen LogP contribution in [0.15, 0.2) is 30.4 Å². The Morgan fingerprint density at radius 2 is 2.19 bits per heavy atom. The molecule has 0 saturated heterocycles. The fourth-order valence-electron chi connectivity index (χ4n) is 1.55. The highest BCUT2D eigenvalue weighted by Crippen LogP contribution is 2.23. The van der Waals surface area contributed by atoms with Crippen LogP contribution in [-0.2, 0) is 6.54 Å². The van der Waals surface area contributed by atoms with E-state index in [1.54, 1.807) is 0 Å². The lowest BCUT2D eigenvalue weighted by Crippen LogP contribution is -2.13. The van der Waals surface area contributed by atoms with Crippen LogP contribution in [0.2, 0.25) is 0 Å². The van der Waals surface area contributed by atoms with Gasteiger partial charge in [0.25, 0.3) is 0 Å². The number of ether oxygens (including phenoxy) is 1. The smallest absolute Gasteiger partial charge is 0.127 e. The van der Waals surface area contributed by atoms with Crippen LogP contribution in [0.5, 0.6) is 5.75 Å². The van der Waals surface area contributed by atoms with E-state index in [2.05, 4.69) is 37.4 Å². The third-order valence-corrected chi connectivity index (χ3v) is 2.42. The second kappa shape index (κ2) is 7.07. The summed E-state index contributed by atoms with van der Waals surface area (Å²) in [6.45, 7) is 8.67. The summed E-state index contributed by atoms with van der Waals surface area (Å²) in [5.74, 6) is 1.02. The first kappa shape index (κ1) is 12.8.